The van der Waals surface area contributed by atoms with Crippen LogP contribution in [0.4, 0.5) is 5.13 Å². The molecule has 0 unspecified atom stereocenters. The Morgan fingerprint density at radius 1 is 1.18 bits per heavy atom. The molecule has 0 atom stereocenters. The number of nitrogens with zero attached hydrogens (tertiary/aromatic N) is 1. The molecule has 0 aliphatic heterocycles. The second-order valence-corrected chi connectivity index (χ2v) is 7.40. The van der Waals surface area contributed by atoms with E-state index in [1.54, 1.807) is 7.11 Å². The third kappa shape index (κ3) is 5.33. The van der Waals surface area contributed by atoms with E-state index in [9.17, 15) is 4.79 Å². The average molecular weight is 397 g/mol. The van der Waals surface area contributed by atoms with Gasteiger partial charge < -0.3 is 14.8 Å². The summed E-state index contributed by atoms with van der Waals surface area (Å²) in [6.07, 6.45) is 1.03. The number of carbonyl (C=O) groups excluding carboxylic acids is 1. The third-order valence-corrected chi connectivity index (χ3v) is 5.02. The smallest absolute Gasteiger partial charge is 0.226 e. The number of hydrogen-bond acceptors (Lipinski definition) is 5. The molecule has 1 heterocycles. The lowest BCUT2D eigenvalue weighted by atomic mass is 10.1. The molecule has 2 aromatic carbocycles. The van der Waals surface area contributed by atoms with Gasteiger partial charge in [-0.3, -0.25) is 4.79 Å². The fourth-order valence-electron chi connectivity index (χ4n) is 2.71. The molecular weight excluding hydrogens is 372 g/mol. The van der Waals surface area contributed by atoms with Crippen molar-refractivity contribution >= 4 is 22.4 Å². The number of aryl methyl sites for hydroxylation is 2. The number of anilines is 1. The first-order valence-electron chi connectivity index (χ1n) is 9.15. The predicted octanol–water partition coefficient (Wildman–Crippen LogP) is 5.23. The lowest BCUT2D eigenvalue weighted by Gasteiger charge is -2.09. The summed E-state index contributed by atoms with van der Waals surface area (Å²) >= 11 is 1.41. The van der Waals surface area contributed by atoms with Crippen molar-refractivity contribution in [1.29, 1.82) is 0 Å². The van der Waals surface area contributed by atoms with Crippen molar-refractivity contribution in [1.82, 2.24) is 4.98 Å². The van der Waals surface area contributed by atoms with Crippen molar-refractivity contribution < 1.29 is 14.3 Å². The minimum absolute atomic E-state index is 0.0592. The van der Waals surface area contributed by atoms with Gasteiger partial charge in [-0.2, -0.15) is 0 Å². The molecule has 3 aromatic rings. The van der Waals surface area contributed by atoms with Crippen molar-refractivity contribution in [3.8, 4) is 22.8 Å². The van der Waals surface area contributed by atoms with Crippen LogP contribution in [0.3, 0.4) is 0 Å². The maximum Gasteiger partial charge on any atom is 0.226 e. The second kappa shape index (κ2) is 9.37. The zero-order chi connectivity index (χ0) is 19.9. The molecule has 0 saturated heterocycles. The zero-order valence-corrected chi connectivity index (χ0v) is 17.1. The summed E-state index contributed by atoms with van der Waals surface area (Å²) in [6, 6.07) is 13.8. The Morgan fingerprint density at radius 3 is 2.86 bits per heavy atom. The molecule has 1 amide bonds. The van der Waals surface area contributed by atoms with E-state index in [1.165, 1.54) is 11.3 Å². The van der Waals surface area contributed by atoms with Crippen molar-refractivity contribution in [2.24, 2.45) is 0 Å². The minimum atomic E-state index is -0.0592. The molecular formula is C22H24N2O3S. The molecule has 5 nitrogen and oxygen atoms in total. The van der Waals surface area contributed by atoms with Crippen molar-refractivity contribution in [2.45, 2.75) is 26.7 Å². The maximum atomic E-state index is 12.2. The Balaban J connectivity index is 1.47. The molecule has 1 N–H and O–H groups in total. The Morgan fingerprint density at radius 2 is 2.04 bits per heavy atom. The van der Waals surface area contributed by atoms with Crippen LogP contribution in [0, 0.1) is 13.8 Å². The van der Waals surface area contributed by atoms with Gasteiger partial charge in [0.2, 0.25) is 5.91 Å². The minimum Gasteiger partial charge on any atom is -0.497 e. The van der Waals surface area contributed by atoms with Crippen LogP contribution in [0.15, 0.2) is 47.8 Å². The predicted molar refractivity (Wildman–Crippen MR) is 113 cm³/mol. The van der Waals surface area contributed by atoms with Crippen LogP contribution in [0.5, 0.6) is 11.5 Å². The van der Waals surface area contributed by atoms with E-state index in [0.29, 0.717) is 24.6 Å². The van der Waals surface area contributed by atoms with E-state index in [-0.39, 0.29) is 5.91 Å². The standard InChI is InChI=1S/C22H24N2O3S/c1-15-9-10-16(2)20(12-15)27-11-5-8-21(25)24-22-23-19(14-28-22)17-6-4-7-18(13-17)26-3/h4,6-7,9-10,12-14H,5,8,11H2,1-3H3,(H,23,24,25). The van der Waals surface area contributed by atoms with Crippen LogP contribution < -0.4 is 14.8 Å². The van der Waals surface area contributed by atoms with Crippen molar-refractivity contribution in [3.63, 3.8) is 0 Å². The lowest BCUT2D eigenvalue weighted by molar-refractivity contribution is -0.116. The summed E-state index contributed by atoms with van der Waals surface area (Å²) in [5.74, 6) is 1.60. The van der Waals surface area contributed by atoms with E-state index >= 15 is 0 Å². The van der Waals surface area contributed by atoms with Crippen LogP contribution in [-0.4, -0.2) is 24.6 Å². The zero-order valence-electron chi connectivity index (χ0n) is 16.3. The molecule has 146 valence electrons. The van der Waals surface area contributed by atoms with Gasteiger partial charge in [0.05, 0.1) is 19.4 Å². The summed E-state index contributed by atoms with van der Waals surface area (Å²) in [5, 5.41) is 5.38. The molecule has 0 aliphatic carbocycles. The first-order valence-corrected chi connectivity index (χ1v) is 10.0. The average Bonchev–Trinajstić information content (AvgIpc) is 3.16. The summed E-state index contributed by atoms with van der Waals surface area (Å²) in [4.78, 5) is 16.7. The Bertz CT molecular complexity index is 952. The first kappa shape index (κ1) is 19.9. The van der Waals surface area contributed by atoms with Gasteiger partial charge >= 0.3 is 0 Å². The molecule has 0 saturated carbocycles. The monoisotopic (exact) mass is 396 g/mol. The quantitative estimate of drug-likeness (QED) is 0.530. The van der Waals surface area contributed by atoms with Crippen molar-refractivity contribution in [2.75, 3.05) is 19.0 Å². The molecule has 6 heteroatoms. The van der Waals surface area contributed by atoms with E-state index in [2.05, 4.69) is 16.4 Å². The second-order valence-electron chi connectivity index (χ2n) is 6.54. The maximum absolute atomic E-state index is 12.2. The van der Waals surface area contributed by atoms with Gasteiger partial charge in [0, 0.05) is 17.4 Å². The number of methoxy groups -OCH3 is 1. The highest BCUT2D eigenvalue weighted by molar-refractivity contribution is 7.14. The fourth-order valence-corrected chi connectivity index (χ4v) is 3.44. The summed E-state index contributed by atoms with van der Waals surface area (Å²) in [6.45, 7) is 4.56. The van der Waals surface area contributed by atoms with Gasteiger partial charge in [-0.05, 0) is 49.6 Å². The van der Waals surface area contributed by atoms with Gasteiger partial charge in [0.15, 0.2) is 5.13 Å². The summed E-state index contributed by atoms with van der Waals surface area (Å²) in [5.41, 5.74) is 4.03. The van der Waals surface area contributed by atoms with E-state index in [4.69, 9.17) is 9.47 Å². The van der Waals surface area contributed by atoms with E-state index in [1.807, 2.05) is 55.6 Å². The highest BCUT2D eigenvalue weighted by atomic mass is 32.1. The highest BCUT2D eigenvalue weighted by Crippen LogP contribution is 2.27. The number of hydrogen-bond donors (Lipinski definition) is 1. The van der Waals surface area contributed by atoms with Crippen LogP contribution in [-0.2, 0) is 4.79 Å². The van der Waals surface area contributed by atoms with Gasteiger partial charge in [-0.1, -0.05) is 24.3 Å². The first-order chi connectivity index (χ1) is 13.5. The number of ether oxygens (including phenoxy) is 2. The Kier molecular flexibility index (Phi) is 6.66. The van der Waals surface area contributed by atoms with Gasteiger partial charge in [0.25, 0.3) is 0 Å². The number of nitrogens with one attached hydrogen (secondary N) is 1. The van der Waals surface area contributed by atoms with Gasteiger partial charge in [-0.15, -0.1) is 11.3 Å². The summed E-state index contributed by atoms with van der Waals surface area (Å²) in [7, 11) is 1.63. The normalized spacial score (nSPS) is 10.5. The molecule has 0 fully saturated rings. The van der Waals surface area contributed by atoms with E-state index in [0.717, 1.165) is 33.9 Å². The highest BCUT2D eigenvalue weighted by Gasteiger charge is 2.09. The van der Waals surface area contributed by atoms with E-state index < -0.39 is 0 Å². The van der Waals surface area contributed by atoms with Crippen molar-refractivity contribution in [3.05, 3.63) is 59.0 Å². The number of rotatable bonds is 8. The topological polar surface area (TPSA) is 60.5 Å². The third-order valence-electron chi connectivity index (χ3n) is 4.27. The molecule has 0 aliphatic rings. The fraction of sp³-hybridized carbons (Fsp3) is 0.273. The van der Waals surface area contributed by atoms with Gasteiger partial charge in [0.1, 0.15) is 11.5 Å². The number of thiazole rings is 1. The lowest BCUT2D eigenvalue weighted by Crippen LogP contribution is -2.12. The van der Waals surface area contributed by atoms with Crippen LogP contribution in [0.2, 0.25) is 0 Å². The van der Waals surface area contributed by atoms with Gasteiger partial charge in [-0.25, -0.2) is 4.98 Å². The molecule has 1 aromatic heterocycles. The number of aromatic nitrogens is 1. The SMILES string of the molecule is COc1cccc(-c2csc(NC(=O)CCCOc3cc(C)ccc3C)n2)c1. The molecule has 3 rings (SSSR count). The number of benzene rings is 2. The Hall–Kier alpha value is -2.86. The number of carbonyl (C=O) groups is 1. The van der Waals surface area contributed by atoms with Crippen LogP contribution in [0.1, 0.15) is 24.0 Å². The Labute approximate surface area is 169 Å². The largest absolute Gasteiger partial charge is 0.497 e. The van der Waals surface area contributed by atoms with Crippen LogP contribution >= 0.6 is 11.3 Å². The molecule has 28 heavy (non-hydrogen) atoms. The number of amides is 1. The molecule has 0 radical (unpaired) electrons. The summed E-state index contributed by atoms with van der Waals surface area (Å²) < 4.78 is 11.0. The molecule has 0 spiro atoms. The van der Waals surface area contributed by atoms with Crippen LogP contribution in [0.25, 0.3) is 11.3 Å². The molecule has 0 bridgehead atoms.